The van der Waals surface area contributed by atoms with Crippen LogP contribution in [0.2, 0.25) is 0 Å². The van der Waals surface area contributed by atoms with Crippen LogP contribution in [-0.4, -0.2) is 24.6 Å². The summed E-state index contributed by atoms with van der Waals surface area (Å²) in [7, 11) is 0. The third-order valence-corrected chi connectivity index (χ3v) is 6.56. The zero-order chi connectivity index (χ0) is 25.6. The molecule has 0 aromatic heterocycles. The minimum absolute atomic E-state index is 0.0616. The molecule has 1 aromatic carbocycles. The van der Waals surface area contributed by atoms with Crippen LogP contribution in [0.4, 0.5) is 0 Å². The number of unbranched alkanes of at least 4 members (excludes halogenated alkanes) is 13. The maximum Gasteiger partial charge on any atom is 0.338 e. The van der Waals surface area contributed by atoms with Gasteiger partial charge in [-0.25, -0.2) is 9.59 Å². The molecule has 0 saturated heterocycles. The molecule has 0 saturated carbocycles. The van der Waals surface area contributed by atoms with Crippen molar-refractivity contribution in [2.45, 2.75) is 142 Å². The summed E-state index contributed by atoms with van der Waals surface area (Å²) in [5.74, 6) is -0.730. The number of ether oxygens (including phenoxy) is 2. The van der Waals surface area contributed by atoms with Crippen molar-refractivity contribution in [1.29, 1.82) is 0 Å². The molecule has 0 aliphatic carbocycles. The fourth-order valence-electron chi connectivity index (χ4n) is 4.44. The number of hydrogen-bond donors (Lipinski definition) is 0. The predicted octanol–water partition coefficient (Wildman–Crippen LogP) is 9.45. The van der Waals surface area contributed by atoms with Crippen LogP contribution in [-0.2, 0) is 9.47 Å². The molecule has 4 nitrogen and oxygen atoms in total. The summed E-state index contributed by atoms with van der Waals surface area (Å²) in [6.45, 7) is 6.88. The number of esters is 2. The molecule has 0 unspecified atom stereocenters. The van der Waals surface area contributed by atoms with Gasteiger partial charge in [-0.2, -0.15) is 0 Å². The number of benzene rings is 1. The van der Waals surface area contributed by atoms with E-state index in [0.717, 1.165) is 38.5 Å². The number of hydrogen-bond acceptors (Lipinski definition) is 4. The summed E-state index contributed by atoms with van der Waals surface area (Å²) >= 11 is 0. The van der Waals surface area contributed by atoms with Gasteiger partial charge in [-0.3, -0.25) is 0 Å². The second-order valence-electron chi connectivity index (χ2n) is 9.92. The molecule has 0 aliphatic heterocycles. The third-order valence-electron chi connectivity index (χ3n) is 6.56. The standard InChI is InChI=1S/C31H52O4/c1-4-7-8-9-10-11-12-13-14-15-16-17-18-19-25-34-30(32)27-23-20-24-28(26-27)31(33)35-29(21-5-2)22-6-3/h20,23-24,26,29H,4-19,21-22,25H2,1-3H3. The van der Waals surface area contributed by atoms with Gasteiger partial charge in [-0.15, -0.1) is 0 Å². The van der Waals surface area contributed by atoms with Crippen LogP contribution >= 0.6 is 0 Å². The van der Waals surface area contributed by atoms with Crippen LogP contribution in [0.25, 0.3) is 0 Å². The first-order valence-electron chi connectivity index (χ1n) is 14.6. The molecule has 200 valence electrons. The Balaban J connectivity index is 2.14. The van der Waals surface area contributed by atoms with E-state index in [9.17, 15) is 9.59 Å². The highest BCUT2D eigenvalue weighted by atomic mass is 16.5. The lowest BCUT2D eigenvalue weighted by Gasteiger charge is -2.16. The summed E-state index contributed by atoms with van der Waals surface area (Å²) in [5.41, 5.74) is 0.820. The van der Waals surface area contributed by atoms with Crippen LogP contribution < -0.4 is 0 Å². The maximum atomic E-state index is 12.5. The fourth-order valence-corrected chi connectivity index (χ4v) is 4.44. The highest BCUT2D eigenvalue weighted by Crippen LogP contribution is 2.15. The summed E-state index contributed by atoms with van der Waals surface area (Å²) in [5, 5.41) is 0. The summed E-state index contributed by atoms with van der Waals surface area (Å²) in [6.07, 6.45) is 21.8. The van der Waals surface area contributed by atoms with E-state index in [1.807, 2.05) is 0 Å². The Kier molecular flexibility index (Phi) is 19.1. The van der Waals surface area contributed by atoms with Crippen molar-refractivity contribution in [1.82, 2.24) is 0 Å². The first-order chi connectivity index (χ1) is 17.1. The van der Waals surface area contributed by atoms with E-state index >= 15 is 0 Å². The van der Waals surface area contributed by atoms with E-state index in [4.69, 9.17) is 9.47 Å². The average Bonchev–Trinajstić information content (AvgIpc) is 2.86. The Morgan fingerprint density at radius 1 is 0.629 bits per heavy atom. The fraction of sp³-hybridized carbons (Fsp3) is 0.742. The van der Waals surface area contributed by atoms with Crippen LogP contribution in [0, 0.1) is 0 Å². The molecule has 4 heteroatoms. The zero-order valence-corrected chi connectivity index (χ0v) is 23.0. The maximum absolute atomic E-state index is 12.5. The minimum atomic E-state index is -0.368. The molecule has 0 spiro atoms. The first-order valence-corrected chi connectivity index (χ1v) is 14.6. The molecule has 0 heterocycles. The van der Waals surface area contributed by atoms with Gasteiger partial charge < -0.3 is 9.47 Å². The lowest BCUT2D eigenvalue weighted by molar-refractivity contribution is 0.0258. The minimum Gasteiger partial charge on any atom is -0.462 e. The quantitative estimate of drug-likeness (QED) is 0.120. The Hall–Kier alpha value is -1.84. The Morgan fingerprint density at radius 3 is 1.57 bits per heavy atom. The van der Waals surface area contributed by atoms with Crippen LogP contribution in [0.1, 0.15) is 157 Å². The third kappa shape index (κ3) is 15.7. The average molecular weight is 489 g/mol. The van der Waals surface area contributed by atoms with Crippen molar-refractivity contribution in [3.63, 3.8) is 0 Å². The molecule has 0 aliphatic rings. The molecule has 35 heavy (non-hydrogen) atoms. The van der Waals surface area contributed by atoms with Gasteiger partial charge >= 0.3 is 11.9 Å². The van der Waals surface area contributed by atoms with Gasteiger partial charge in [-0.1, -0.05) is 123 Å². The second-order valence-corrected chi connectivity index (χ2v) is 9.92. The smallest absolute Gasteiger partial charge is 0.338 e. The molecule has 0 amide bonds. The molecular weight excluding hydrogens is 436 g/mol. The highest BCUT2D eigenvalue weighted by molar-refractivity contribution is 5.95. The van der Waals surface area contributed by atoms with Crippen molar-refractivity contribution < 1.29 is 19.1 Å². The van der Waals surface area contributed by atoms with E-state index in [1.165, 1.54) is 77.0 Å². The Bertz CT molecular complexity index is 664. The van der Waals surface area contributed by atoms with E-state index in [1.54, 1.807) is 24.3 Å². The van der Waals surface area contributed by atoms with Crippen molar-refractivity contribution >= 4 is 11.9 Å². The summed E-state index contributed by atoms with van der Waals surface area (Å²) < 4.78 is 11.1. The van der Waals surface area contributed by atoms with Crippen molar-refractivity contribution in [3.8, 4) is 0 Å². The largest absolute Gasteiger partial charge is 0.462 e. The van der Waals surface area contributed by atoms with Crippen LogP contribution in [0.5, 0.6) is 0 Å². The number of rotatable bonds is 22. The lowest BCUT2D eigenvalue weighted by atomic mass is 10.0. The Labute approximate surface area is 215 Å². The first kappa shape index (κ1) is 31.2. The molecule has 1 rings (SSSR count). The molecule has 0 fully saturated rings. The topological polar surface area (TPSA) is 52.6 Å². The summed E-state index contributed by atoms with van der Waals surface area (Å²) in [4.78, 5) is 24.9. The predicted molar refractivity (Wildman–Crippen MR) is 146 cm³/mol. The van der Waals surface area contributed by atoms with E-state index in [2.05, 4.69) is 20.8 Å². The van der Waals surface area contributed by atoms with E-state index in [-0.39, 0.29) is 18.0 Å². The SMILES string of the molecule is CCCCCCCCCCCCCCCCOC(=O)c1cccc(C(=O)OC(CCC)CCC)c1. The van der Waals surface area contributed by atoms with E-state index < -0.39 is 0 Å². The second kappa shape index (κ2) is 21.4. The summed E-state index contributed by atoms with van der Waals surface area (Å²) in [6, 6.07) is 6.70. The monoisotopic (exact) mass is 488 g/mol. The van der Waals surface area contributed by atoms with Gasteiger partial charge in [0.2, 0.25) is 0 Å². The Morgan fingerprint density at radius 2 is 1.09 bits per heavy atom. The molecule has 0 radical (unpaired) electrons. The number of carbonyl (C=O) groups is 2. The highest BCUT2D eigenvalue weighted by Gasteiger charge is 2.16. The lowest BCUT2D eigenvalue weighted by Crippen LogP contribution is -2.18. The zero-order valence-electron chi connectivity index (χ0n) is 23.0. The molecular formula is C31H52O4. The van der Waals surface area contributed by atoms with Gasteiger partial charge in [0.05, 0.1) is 17.7 Å². The van der Waals surface area contributed by atoms with Gasteiger partial charge in [0.15, 0.2) is 0 Å². The van der Waals surface area contributed by atoms with Crippen LogP contribution in [0.3, 0.4) is 0 Å². The normalized spacial score (nSPS) is 11.1. The van der Waals surface area contributed by atoms with Crippen LogP contribution in [0.15, 0.2) is 24.3 Å². The van der Waals surface area contributed by atoms with Gasteiger partial charge in [0.25, 0.3) is 0 Å². The van der Waals surface area contributed by atoms with Gasteiger partial charge in [0.1, 0.15) is 6.10 Å². The molecule has 0 bridgehead atoms. The molecule has 0 N–H and O–H groups in total. The molecule has 1 aromatic rings. The number of carbonyl (C=O) groups excluding carboxylic acids is 2. The van der Waals surface area contributed by atoms with Crippen molar-refractivity contribution in [3.05, 3.63) is 35.4 Å². The van der Waals surface area contributed by atoms with E-state index in [0.29, 0.717) is 17.7 Å². The molecule has 0 atom stereocenters. The van der Waals surface area contributed by atoms with Crippen molar-refractivity contribution in [2.24, 2.45) is 0 Å². The van der Waals surface area contributed by atoms with Gasteiger partial charge in [0, 0.05) is 0 Å². The van der Waals surface area contributed by atoms with Crippen molar-refractivity contribution in [2.75, 3.05) is 6.61 Å². The van der Waals surface area contributed by atoms with Gasteiger partial charge in [-0.05, 0) is 37.5 Å².